The molecule has 3 N–H and O–H groups in total. The van der Waals surface area contributed by atoms with Gasteiger partial charge in [0.25, 0.3) is 0 Å². The minimum absolute atomic E-state index is 0.312. The molecule has 0 aliphatic heterocycles. The second-order valence-corrected chi connectivity index (χ2v) is 5.42. The molecule has 4 aromatic rings. The molecule has 0 unspecified atom stereocenters. The van der Waals surface area contributed by atoms with E-state index in [0.717, 1.165) is 28.4 Å². The molecule has 0 bridgehead atoms. The van der Waals surface area contributed by atoms with E-state index in [-0.39, 0.29) is 0 Å². The first-order chi connectivity index (χ1) is 10.7. The molecular weight excluding hydrogens is 276 g/mol. The van der Waals surface area contributed by atoms with Crippen molar-refractivity contribution in [2.24, 2.45) is 0 Å². The van der Waals surface area contributed by atoms with Crippen molar-refractivity contribution in [1.82, 2.24) is 9.97 Å². The van der Waals surface area contributed by atoms with Crippen LogP contribution in [0.25, 0.3) is 21.8 Å². The van der Waals surface area contributed by atoms with Gasteiger partial charge in [-0.25, -0.2) is 4.79 Å². The molecule has 0 aliphatic carbocycles. The van der Waals surface area contributed by atoms with Crippen LogP contribution >= 0.6 is 0 Å². The SMILES string of the molecule is O=C(O)c1ccc2[nH]cc(Cc3c[nH]c4ccccc34)c2c1. The van der Waals surface area contributed by atoms with Crippen molar-refractivity contribution in [2.45, 2.75) is 6.42 Å². The van der Waals surface area contributed by atoms with Gasteiger partial charge in [-0.15, -0.1) is 0 Å². The number of carboxylic acids is 1. The predicted octanol–water partition coefficient (Wildman–Crippen LogP) is 3.94. The van der Waals surface area contributed by atoms with Crippen molar-refractivity contribution in [2.75, 3.05) is 0 Å². The summed E-state index contributed by atoms with van der Waals surface area (Å²) in [7, 11) is 0. The Morgan fingerprint density at radius 2 is 1.59 bits per heavy atom. The normalized spacial score (nSPS) is 11.3. The highest BCUT2D eigenvalue weighted by molar-refractivity contribution is 5.95. The summed E-state index contributed by atoms with van der Waals surface area (Å²) in [6.45, 7) is 0. The van der Waals surface area contributed by atoms with Crippen LogP contribution in [0, 0.1) is 0 Å². The lowest BCUT2D eigenvalue weighted by molar-refractivity contribution is 0.0697. The van der Waals surface area contributed by atoms with Crippen LogP contribution in [0.2, 0.25) is 0 Å². The highest BCUT2D eigenvalue weighted by atomic mass is 16.4. The van der Waals surface area contributed by atoms with E-state index in [2.05, 4.69) is 22.1 Å². The molecule has 2 aromatic heterocycles. The number of carboxylic acid groups (broad SMARTS) is 1. The number of aromatic nitrogens is 2. The van der Waals surface area contributed by atoms with Gasteiger partial charge in [0.15, 0.2) is 0 Å². The topological polar surface area (TPSA) is 68.9 Å². The van der Waals surface area contributed by atoms with Gasteiger partial charge in [0.1, 0.15) is 0 Å². The monoisotopic (exact) mass is 290 g/mol. The van der Waals surface area contributed by atoms with Gasteiger partial charge in [-0.3, -0.25) is 0 Å². The number of fused-ring (bicyclic) bond motifs is 2. The maximum atomic E-state index is 11.2. The summed E-state index contributed by atoms with van der Waals surface area (Å²) < 4.78 is 0. The number of hydrogen-bond acceptors (Lipinski definition) is 1. The first kappa shape index (κ1) is 12.7. The third kappa shape index (κ3) is 1.97. The fourth-order valence-electron chi connectivity index (χ4n) is 2.94. The maximum absolute atomic E-state index is 11.2. The average Bonchev–Trinajstić information content (AvgIpc) is 3.12. The number of aromatic amines is 2. The third-order valence-corrected chi connectivity index (χ3v) is 4.07. The van der Waals surface area contributed by atoms with Gasteiger partial charge in [0, 0.05) is 40.6 Å². The number of para-hydroxylation sites is 1. The quantitative estimate of drug-likeness (QED) is 0.535. The second-order valence-electron chi connectivity index (χ2n) is 5.42. The van der Waals surface area contributed by atoms with Crippen molar-refractivity contribution in [1.29, 1.82) is 0 Å². The number of benzene rings is 2. The zero-order valence-electron chi connectivity index (χ0n) is 11.8. The summed E-state index contributed by atoms with van der Waals surface area (Å²) >= 11 is 0. The van der Waals surface area contributed by atoms with E-state index in [1.165, 1.54) is 10.9 Å². The highest BCUT2D eigenvalue weighted by Gasteiger charge is 2.11. The van der Waals surface area contributed by atoms with Crippen LogP contribution in [-0.4, -0.2) is 21.0 Å². The predicted molar refractivity (Wildman–Crippen MR) is 86.4 cm³/mol. The van der Waals surface area contributed by atoms with Crippen LogP contribution in [0.3, 0.4) is 0 Å². The van der Waals surface area contributed by atoms with Gasteiger partial charge in [-0.1, -0.05) is 18.2 Å². The number of hydrogen-bond donors (Lipinski definition) is 3. The molecular formula is C18H14N2O2. The summed E-state index contributed by atoms with van der Waals surface area (Å²) in [5, 5.41) is 11.3. The van der Waals surface area contributed by atoms with Crippen molar-refractivity contribution < 1.29 is 9.90 Å². The zero-order valence-corrected chi connectivity index (χ0v) is 11.8. The molecule has 0 saturated carbocycles. The Morgan fingerprint density at radius 3 is 2.36 bits per heavy atom. The van der Waals surface area contributed by atoms with Crippen LogP contribution in [0.1, 0.15) is 21.5 Å². The molecule has 4 heteroatoms. The van der Waals surface area contributed by atoms with Crippen molar-refractivity contribution in [3.8, 4) is 0 Å². The summed E-state index contributed by atoms with van der Waals surface area (Å²) in [6.07, 6.45) is 4.73. The lowest BCUT2D eigenvalue weighted by Gasteiger charge is -2.00. The fraction of sp³-hybridized carbons (Fsp3) is 0.0556. The molecule has 4 rings (SSSR count). The Morgan fingerprint density at radius 1 is 0.909 bits per heavy atom. The van der Waals surface area contributed by atoms with Gasteiger partial charge < -0.3 is 15.1 Å². The molecule has 2 heterocycles. The Bertz CT molecular complexity index is 995. The molecule has 0 radical (unpaired) electrons. The van der Waals surface area contributed by atoms with Gasteiger partial charge in [-0.2, -0.15) is 0 Å². The Balaban J connectivity index is 1.81. The molecule has 22 heavy (non-hydrogen) atoms. The van der Waals surface area contributed by atoms with Gasteiger partial charge in [0.2, 0.25) is 0 Å². The molecule has 108 valence electrons. The highest BCUT2D eigenvalue weighted by Crippen LogP contribution is 2.26. The van der Waals surface area contributed by atoms with Crippen LogP contribution in [0.4, 0.5) is 0 Å². The van der Waals surface area contributed by atoms with Crippen LogP contribution in [-0.2, 0) is 6.42 Å². The molecule has 4 nitrogen and oxygen atoms in total. The molecule has 0 amide bonds. The van der Waals surface area contributed by atoms with Gasteiger partial charge >= 0.3 is 5.97 Å². The van der Waals surface area contributed by atoms with E-state index in [0.29, 0.717) is 5.56 Å². The van der Waals surface area contributed by atoms with Gasteiger partial charge in [0.05, 0.1) is 5.56 Å². The molecule has 0 saturated heterocycles. The van der Waals surface area contributed by atoms with Crippen molar-refractivity contribution in [3.63, 3.8) is 0 Å². The zero-order chi connectivity index (χ0) is 15.1. The smallest absolute Gasteiger partial charge is 0.335 e. The largest absolute Gasteiger partial charge is 0.478 e. The summed E-state index contributed by atoms with van der Waals surface area (Å²) in [6, 6.07) is 13.4. The van der Waals surface area contributed by atoms with Crippen molar-refractivity contribution in [3.05, 3.63) is 71.5 Å². The van der Waals surface area contributed by atoms with Crippen LogP contribution in [0.5, 0.6) is 0 Å². The van der Waals surface area contributed by atoms with E-state index in [4.69, 9.17) is 5.11 Å². The lowest BCUT2D eigenvalue weighted by Crippen LogP contribution is -1.95. The summed E-state index contributed by atoms with van der Waals surface area (Å²) in [5.41, 5.74) is 4.69. The Hall–Kier alpha value is -3.01. The molecule has 2 aromatic carbocycles. The standard InChI is InChI=1S/C18H14N2O2/c21-18(22)11-5-6-17-15(8-11)13(10-20-17)7-12-9-19-16-4-2-1-3-14(12)16/h1-6,8-10,19-20H,7H2,(H,21,22). The number of rotatable bonds is 3. The number of carbonyl (C=O) groups is 1. The number of H-pyrrole nitrogens is 2. The molecule has 0 atom stereocenters. The molecule has 0 aliphatic rings. The summed E-state index contributed by atoms with van der Waals surface area (Å²) in [5.74, 6) is -0.902. The molecule has 0 fully saturated rings. The average molecular weight is 290 g/mol. The first-order valence-electron chi connectivity index (χ1n) is 7.10. The van der Waals surface area contributed by atoms with E-state index in [1.54, 1.807) is 12.1 Å². The van der Waals surface area contributed by atoms with Gasteiger partial charge in [-0.05, 0) is 35.4 Å². The third-order valence-electron chi connectivity index (χ3n) is 4.07. The lowest BCUT2D eigenvalue weighted by atomic mass is 10.0. The van der Waals surface area contributed by atoms with Crippen LogP contribution in [0.15, 0.2) is 54.9 Å². The van der Waals surface area contributed by atoms with E-state index in [9.17, 15) is 4.79 Å². The Kier molecular flexibility index (Phi) is 2.76. The second kappa shape index (κ2) is 4.77. The Labute approximate surface area is 126 Å². The fourth-order valence-corrected chi connectivity index (χ4v) is 2.94. The maximum Gasteiger partial charge on any atom is 0.335 e. The molecule has 0 spiro atoms. The van der Waals surface area contributed by atoms with E-state index in [1.807, 2.05) is 30.6 Å². The van der Waals surface area contributed by atoms with E-state index < -0.39 is 5.97 Å². The number of nitrogens with one attached hydrogen (secondary N) is 2. The minimum atomic E-state index is -0.902. The summed E-state index contributed by atoms with van der Waals surface area (Å²) in [4.78, 5) is 17.6. The van der Waals surface area contributed by atoms with Crippen molar-refractivity contribution >= 4 is 27.8 Å². The minimum Gasteiger partial charge on any atom is -0.478 e. The number of aromatic carboxylic acids is 1. The first-order valence-corrected chi connectivity index (χ1v) is 7.10. The van der Waals surface area contributed by atoms with Crippen LogP contribution < -0.4 is 0 Å². The van der Waals surface area contributed by atoms with E-state index >= 15 is 0 Å².